The maximum atomic E-state index is 4.46. The number of rotatable bonds is 4. The molecule has 2 N–H and O–H groups in total. The highest BCUT2D eigenvalue weighted by molar-refractivity contribution is 5.77. The molecule has 0 radical (unpaired) electrons. The van der Waals surface area contributed by atoms with Crippen molar-refractivity contribution in [1.29, 1.82) is 0 Å². The Morgan fingerprint density at radius 2 is 2.22 bits per heavy atom. The molecule has 0 atom stereocenters. The van der Waals surface area contributed by atoms with Crippen molar-refractivity contribution >= 4 is 17.0 Å². The topological polar surface area (TPSA) is 58.5 Å². The first-order valence-electron chi connectivity index (χ1n) is 5.98. The van der Waals surface area contributed by atoms with Crippen molar-refractivity contribution in [2.24, 2.45) is 7.05 Å². The second-order valence-corrected chi connectivity index (χ2v) is 4.23. The average Bonchev–Trinajstić information content (AvgIpc) is 2.96. The Hall–Kier alpha value is -2.30. The minimum Gasteiger partial charge on any atom is -0.355 e. The minimum atomic E-state index is 0.810. The molecule has 18 heavy (non-hydrogen) atoms. The van der Waals surface area contributed by atoms with Crippen LogP contribution < -0.4 is 5.32 Å². The summed E-state index contributed by atoms with van der Waals surface area (Å²) in [6.07, 6.45) is 4.65. The average molecular weight is 241 g/mol. The molecule has 0 amide bonds. The summed E-state index contributed by atoms with van der Waals surface area (Å²) in [5.41, 5.74) is 2.04. The van der Waals surface area contributed by atoms with E-state index < -0.39 is 0 Å². The lowest BCUT2D eigenvalue weighted by Crippen LogP contribution is -2.09. The highest BCUT2D eigenvalue weighted by Crippen LogP contribution is 2.13. The molecule has 5 heteroatoms. The van der Waals surface area contributed by atoms with Gasteiger partial charge in [-0.3, -0.25) is 0 Å². The molecule has 3 rings (SSSR count). The summed E-state index contributed by atoms with van der Waals surface area (Å²) in [4.78, 5) is 12.0. The Morgan fingerprint density at radius 1 is 1.33 bits per heavy atom. The van der Waals surface area contributed by atoms with Gasteiger partial charge in [0.1, 0.15) is 5.82 Å². The smallest absolute Gasteiger partial charge is 0.201 e. The summed E-state index contributed by atoms with van der Waals surface area (Å²) in [6, 6.07) is 8.00. The third-order valence-corrected chi connectivity index (χ3v) is 2.95. The Bertz CT molecular complexity index is 619. The van der Waals surface area contributed by atoms with Gasteiger partial charge in [-0.05, 0) is 12.1 Å². The van der Waals surface area contributed by atoms with Crippen LogP contribution in [0.15, 0.2) is 36.7 Å². The summed E-state index contributed by atoms with van der Waals surface area (Å²) in [6.45, 7) is 0.810. The lowest BCUT2D eigenvalue weighted by atomic mass is 10.3. The molecule has 92 valence electrons. The Labute approximate surface area is 105 Å². The van der Waals surface area contributed by atoms with Crippen molar-refractivity contribution in [2.75, 3.05) is 11.9 Å². The van der Waals surface area contributed by atoms with Gasteiger partial charge in [0.2, 0.25) is 5.95 Å². The van der Waals surface area contributed by atoms with Gasteiger partial charge >= 0.3 is 0 Å². The molecule has 0 saturated carbocycles. The molecule has 0 bridgehead atoms. The molecule has 0 saturated heterocycles. The highest BCUT2D eigenvalue weighted by Gasteiger charge is 2.02. The molecule has 0 aliphatic rings. The van der Waals surface area contributed by atoms with Gasteiger partial charge in [0, 0.05) is 32.4 Å². The molecule has 2 aromatic heterocycles. The van der Waals surface area contributed by atoms with E-state index in [0.29, 0.717) is 0 Å². The zero-order valence-corrected chi connectivity index (χ0v) is 10.2. The summed E-state index contributed by atoms with van der Waals surface area (Å²) < 4.78 is 2.03. The number of nitrogens with one attached hydrogen (secondary N) is 2. The first-order chi connectivity index (χ1) is 8.83. The standard InChI is InChI=1S/C13H15N5/c1-18-9-8-14-12(18)6-7-15-13-16-10-4-2-3-5-11(10)17-13/h2-5,8-9H,6-7H2,1H3,(H2,15,16,17). The second-order valence-electron chi connectivity index (χ2n) is 4.23. The molecule has 0 spiro atoms. The zero-order chi connectivity index (χ0) is 12.4. The van der Waals surface area contributed by atoms with Crippen LogP contribution in [0.2, 0.25) is 0 Å². The number of hydrogen-bond acceptors (Lipinski definition) is 3. The van der Waals surface area contributed by atoms with Gasteiger partial charge in [-0.15, -0.1) is 0 Å². The summed E-state index contributed by atoms with van der Waals surface area (Å²) in [5.74, 6) is 1.88. The van der Waals surface area contributed by atoms with Crippen molar-refractivity contribution < 1.29 is 0 Å². The Morgan fingerprint density at radius 3 is 3.00 bits per heavy atom. The number of benzene rings is 1. The van der Waals surface area contributed by atoms with E-state index in [2.05, 4.69) is 20.3 Å². The van der Waals surface area contributed by atoms with Gasteiger partial charge < -0.3 is 14.9 Å². The predicted molar refractivity (Wildman–Crippen MR) is 71.5 cm³/mol. The molecular formula is C13H15N5. The Kier molecular flexibility index (Phi) is 2.72. The molecule has 0 fully saturated rings. The van der Waals surface area contributed by atoms with E-state index in [1.165, 1.54) is 0 Å². The third kappa shape index (κ3) is 2.07. The molecule has 0 unspecified atom stereocenters. The van der Waals surface area contributed by atoms with Crippen molar-refractivity contribution in [1.82, 2.24) is 19.5 Å². The largest absolute Gasteiger partial charge is 0.355 e. The number of nitrogens with zero attached hydrogens (tertiary/aromatic N) is 3. The molecule has 3 aromatic rings. The van der Waals surface area contributed by atoms with Crippen LogP contribution in [-0.4, -0.2) is 26.1 Å². The number of para-hydroxylation sites is 2. The van der Waals surface area contributed by atoms with Gasteiger partial charge in [0.05, 0.1) is 11.0 Å². The van der Waals surface area contributed by atoms with E-state index in [1.807, 2.05) is 48.3 Å². The summed E-state index contributed by atoms with van der Waals surface area (Å²) in [7, 11) is 2.00. The van der Waals surface area contributed by atoms with E-state index in [0.717, 1.165) is 35.8 Å². The fraction of sp³-hybridized carbons (Fsp3) is 0.231. The van der Waals surface area contributed by atoms with Crippen LogP contribution in [0.5, 0.6) is 0 Å². The lowest BCUT2D eigenvalue weighted by Gasteiger charge is -2.02. The number of fused-ring (bicyclic) bond motifs is 1. The maximum Gasteiger partial charge on any atom is 0.201 e. The van der Waals surface area contributed by atoms with Crippen molar-refractivity contribution in [3.05, 3.63) is 42.5 Å². The SMILES string of the molecule is Cn1ccnc1CCNc1nc2ccccc2[nH]1. The second kappa shape index (κ2) is 4.52. The van der Waals surface area contributed by atoms with E-state index in [9.17, 15) is 0 Å². The third-order valence-electron chi connectivity index (χ3n) is 2.95. The van der Waals surface area contributed by atoms with Crippen LogP contribution in [-0.2, 0) is 13.5 Å². The lowest BCUT2D eigenvalue weighted by molar-refractivity contribution is 0.788. The van der Waals surface area contributed by atoms with Crippen molar-refractivity contribution in [3.63, 3.8) is 0 Å². The van der Waals surface area contributed by atoms with E-state index in [-0.39, 0.29) is 0 Å². The number of H-pyrrole nitrogens is 1. The van der Waals surface area contributed by atoms with Crippen molar-refractivity contribution in [3.8, 4) is 0 Å². The minimum absolute atomic E-state index is 0.810. The maximum absolute atomic E-state index is 4.46. The van der Waals surface area contributed by atoms with Crippen LogP contribution in [0.4, 0.5) is 5.95 Å². The van der Waals surface area contributed by atoms with Gasteiger partial charge in [-0.2, -0.15) is 0 Å². The predicted octanol–water partition coefficient (Wildman–Crippen LogP) is 1.95. The van der Waals surface area contributed by atoms with E-state index >= 15 is 0 Å². The summed E-state index contributed by atoms with van der Waals surface area (Å²) >= 11 is 0. The number of aryl methyl sites for hydroxylation is 1. The molecule has 0 aliphatic carbocycles. The fourth-order valence-electron chi connectivity index (χ4n) is 1.97. The van der Waals surface area contributed by atoms with Gasteiger partial charge in [-0.25, -0.2) is 9.97 Å². The molecule has 1 aromatic carbocycles. The van der Waals surface area contributed by atoms with Crippen molar-refractivity contribution in [2.45, 2.75) is 6.42 Å². The fourth-order valence-corrected chi connectivity index (χ4v) is 1.97. The van der Waals surface area contributed by atoms with Crippen LogP contribution in [0.25, 0.3) is 11.0 Å². The first kappa shape index (κ1) is 10.8. The molecule has 2 heterocycles. The van der Waals surface area contributed by atoms with E-state index in [1.54, 1.807) is 0 Å². The molecular weight excluding hydrogens is 226 g/mol. The summed E-state index contributed by atoms with van der Waals surface area (Å²) in [5, 5.41) is 3.28. The number of aromatic nitrogens is 4. The zero-order valence-electron chi connectivity index (χ0n) is 10.2. The van der Waals surface area contributed by atoms with Gasteiger partial charge in [0.25, 0.3) is 0 Å². The first-order valence-corrected chi connectivity index (χ1v) is 5.98. The van der Waals surface area contributed by atoms with Crippen LogP contribution in [0.3, 0.4) is 0 Å². The molecule has 0 aliphatic heterocycles. The number of aromatic amines is 1. The normalized spacial score (nSPS) is 10.9. The van der Waals surface area contributed by atoms with Crippen LogP contribution >= 0.6 is 0 Å². The highest BCUT2D eigenvalue weighted by atomic mass is 15.1. The number of anilines is 1. The monoisotopic (exact) mass is 241 g/mol. The van der Waals surface area contributed by atoms with Crippen LogP contribution in [0.1, 0.15) is 5.82 Å². The van der Waals surface area contributed by atoms with Crippen LogP contribution in [0, 0.1) is 0 Å². The Balaban J connectivity index is 1.65. The van der Waals surface area contributed by atoms with Gasteiger partial charge in [0.15, 0.2) is 0 Å². The quantitative estimate of drug-likeness (QED) is 0.734. The van der Waals surface area contributed by atoms with E-state index in [4.69, 9.17) is 0 Å². The number of imidazole rings is 2. The molecule has 5 nitrogen and oxygen atoms in total. The number of hydrogen-bond donors (Lipinski definition) is 2. The van der Waals surface area contributed by atoms with Gasteiger partial charge in [-0.1, -0.05) is 12.1 Å².